The first-order valence-corrected chi connectivity index (χ1v) is 9.09. The van der Waals surface area contributed by atoms with Gasteiger partial charge in [0, 0.05) is 6.20 Å². The molecule has 7 heteroatoms. The van der Waals surface area contributed by atoms with Crippen molar-refractivity contribution < 1.29 is 16.8 Å². The van der Waals surface area contributed by atoms with Crippen LogP contribution in [0.5, 0.6) is 0 Å². The molecule has 0 amide bonds. The van der Waals surface area contributed by atoms with Crippen LogP contribution in [0.1, 0.15) is 10.8 Å². The molecule has 104 valence electrons. The molecular formula is C13H11NO4S2. The fourth-order valence-electron chi connectivity index (χ4n) is 2.33. The monoisotopic (exact) mass is 309 g/mol. The summed E-state index contributed by atoms with van der Waals surface area (Å²) >= 11 is 0. The van der Waals surface area contributed by atoms with Crippen LogP contribution in [0.15, 0.2) is 58.6 Å². The van der Waals surface area contributed by atoms with Crippen molar-refractivity contribution in [3.05, 3.63) is 54.2 Å². The van der Waals surface area contributed by atoms with Gasteiger partial charge in [-0.05, 0) is 23.8 Å². The third-order valence-corrected chi connectivity index (χ3v) is 7.29. The Morgan fingerprint density at radius 1 is 1.05 bits per heavy atom. The minimum absolute atomic E-state index is 0.100. The van der Waals surface area contributed by atoms with Crippen LogP contribution in [-0.2, 0) is 19.7 Å². The average Bonchev–Trinajstić information content (AvgIpc) is 2.73. The van der Waals surface area contributed by atoms with Crippen molar-refractivity contribution in [2.24, 2.45) is 0 Å². The first-order valence-electron chi connectivity index (χ1n) is 5.89. The van der Waals surface area contributed by atoms with Gasteiger partial charge in [0.05, 0.1) is 10.6 Å². The molecule has 2 aromatic rings. The number of pyridine rings is 1. The lowest BCUT2D eigenvalue weighted by Crippen LogP contribution is -2.16. The molecule has 1 aromatic carbocycles. The molecule has 0 saturated carbocycles. The number of fused-ring (bicyclic) bond motifs is 1. The van der Waals surface area contributed by atoms with Gasteiger partial charge in [0.2, 0.25) is 9.84 Å². The Bertz CT molecular complexity index is 858. The Kier molecular flexibility index (Phi) is 2.91. The van der Waals surface area contributed by atoms with E-state index in [0.717, 1.165) is 0 Å². The van der Waals surface area contributed by atoms with Gasteiger partial charge in [0.1, 0.15) is 5.25 Å². The number of hydrogen-bond acceptors (Lipinski definition) is 5. The topological polar surface area (TPSA) is 81.2 Å². The SMILES string of the molecule is O=S1(=O)CC(S(=O)(=O)c2ccccn2)c2ccccc21. The van der Waals surface area contributed by atoms with Crippen LogP contribution in [-0.4, -0.2) is 27.6 Å². The van der Waals surface area contributed by atoms with E-state index < -0.39 is 30.7 Å². The van der Waals surface area contributed by atoms with Crippen LogP contribution < -0.4 is 0 Å². The molecule has 0 aliphatic carbocycles. The molecule has 0 saturated heterocycles. The molecule has 0 radical (unpaired) electrons. The highest BCUT2D eigenvalue weighted by atomic mass is 32.2. The Hall–Kier alpha value is -1.73. The molecule has 3 rings (SSSR count). The Balaban J connectivity index is 2.19. The third kappa shape index (κ3) is 1.94. The summed E-state index contributed by atoms with van der Waals surface area (Å²) in [6, 6.07) is 10.8. The summed E-state index contributed by atoms with van der Waals surface area (Å²) in [5.74, 6) is -0.425. The summed E-state index contributed by atoms with van der Waals surface area (Å²) in [4.78, 5) is 3.93. The summed E-state index contributed by atoms with van der Waals surface area (Å²) in [5, 5.41) is -1.18. The smallest absolute Gasteiger partial charge is 0.203 e. The van der Waals surface area contributed by atoms with Gasteiger partial charge in [0.15, 0.2) is 14.9 Å². The highest BCUT2D eigenvalue weighted by Gasteiger charge is 2.43. The second-order valence-electron chi connectivity index (χ2n) is 4.52. The first-order chi connectivity index (χ1) is 9.43. The van der Waals surface area contributed by atoms with Crippen LogP contribution in [0.25, 0.3) is 0 Å². The van der Waals surface area contributed by atoms with Crippen molar-refractivity contribution >= 4 is 19.7 Å². The predicted octanol–water partition coefficient (Wildman–Crippen LogP) is 1.38. The molecule has 0 spiro atoms. The lowest BCUT2D eigenvalue weighted by molar-refractivity contribution is 0.579. The van der Waals surface area contributed by atoms with E-state index in [1.807, 2.05) is 0 Å². The van der Waals surface area contributed by atoms with Gasteiger partial charge in [-0.3, -0.25) is 0 Å². The molecule has 5 nitrogen and oxygen atoms in total. The lowest BCUT2D eigenvalue weighted by Gasteiger charge is -2.10. The molecule has 0 N–H and O–H groups in total. The van der Waals surface area contributed by atoms with E-state index in [4.69, 9.17) is 0 Å². The lowest BCUT2D eigenvalue weighted by atomic mass is 10.2. The van der Waals surface area contributed by atoms with Crippen molar-refractivity contribution in [3.8, 4) is 0 Å². The van der Waals surface area contributed by atoms with Crippen LogP contribution in [0, 0.1) is 0 Å². The van der Waals surface area contributed by atoms with Crippen molar-refractivity contribution in [1.82, 2.24) is 4.98 Å². The quantitative estimate of drug-likeness (QED) is 0.837. The highest BCUT2D eigenvalue weighted by molar-refractivity contribution is 7.96. The molecule has 0 fully saturated rings. The Labute approximate surface area is 117 Å². The zero-order valence-corrected chi connectivity index (χ0v) is 11.9. The van der Waals surface area contributed by atoms with Crippen LogP contribution in [0.2, 0.25) is 0 Å². The minimum Gasteiger partial charge on any atom is -0.245 e. The molecule has 2 heterocycles. The van der Waals surface area contributed by atoms with Gasteiger partial charge in [-0.15, -0.1) is 0 Å². The van der Waals surface area contributed by atoms with E-state index in [2.05, 4.69) is 4.98 Å². The normalized spacial score (nSPS) is 20.5. The van der Waals surface area contributed by atoms with Crippen LogP contribution in [0.4, 0.5) is 0 Å². The van der Waals surface area contributed by atoms with Crippen molar-refractivity contribution in [2.45, 2.75) is 15.2 Å². The highest BCUT2D eigenvalue weighted by Crippen LogP contribution is 2.40. The maximum Gasteiger partial charge on any atom is 0.203 e. The van der Waals surface area contributed by atoms with Gasteiger partial charge in [-0.2, -0.15) is 0 Å². The molecule has 1 aliphatic heterocycles. The zero-order valence-electron chi connectivity index (χ0n) is 10.3. The summed E-state index contributed by atoms with van der Waals surface area (Å²) in [6.45, 7) is 0. The van der Waals surface area contributed by atoms with E-state index in [0.29, 0.717) is 5.56 Å². The van der Waals surface area contributed by atoms with E-state index in [1.54, 1.807) is 30.3 Å². The van der Waals surface area contributed by atoms with Crippen molar-refractivity contribution in [1.29, 1.82) is 0 Å². The fourth-order valence-corrected chi connectivity index (χ4v) is 6.58. The van der Waals surface area contributed by atoms with Crippen LogP contribution >= 0.6 is 0 Å². The summed E-state index contributed by atoms with van der Waals surface area (Å²) in [5.41, 5.74) is 0.332. The number of hydrogen-bond donors (Lipinski definition) is 0. The van der Waals surface area contributed by atoms with E-state index >= 15 is 0 Å². The number of sulfone groups is 2. The standard InChI is InChI=1S/C13H11NO4S2/c15-19(16)9-12(10-5-1-2-6-11(10)19)20(17,18)13-7-3-4-8-14-13/h1-8,12H,9H2. The summed E-state index contributed by atoms with van der Waals surface area (Å²) < 4.78 is 49.2. The summed E-state index contributed by atoms with van der Waals surface area (Å²) in [6.07, 6.45) is 1.38. The van der Waals surface area contributed by atoms with Gasteiger partial charge in [-0.1, -0.05) is 24.3 Å². The number of nitrogens with zero attached hydrogens (tertiary/aromatic N) is 1. The van der Waals surface area contributed by atoms with E-state index in [9.17, 15) is 16.8 Å². The van der Waals surface area contributed by atoms with E-state index in [1.165, 1.54) is 18.3 Å². The van der Waals surface area contributed by atoms with Gasteiger partial charge >= 0.3 is 0 Å². The molecule has 0 bridgehead atoms. The number of benzene rings is 1. The van der Waals surface area contributed by atoms with Gasteiger partial charge < -0.3 is 0 Å². The van der Waals surface area contributed by atoms with Crippen LogP contribution in [0.3, 0.4) is 0 Å². The van der Waals surface area contributed by atoms with Crippen molar-refractivity contribution in [3.63, 3.8) is 0 Å². The largest absolute Gasteiger partial charge is 0.245 e. The van der Waals surface area contributed by atoms with Gasteiger partial charge in [0.25, 0.3) is 0 Å². The second-order valence-corrected chi connectivity index (χ2v) is 8.60. The first kappa shape index (κ1) is 13.3. The summed E-state index contributed by atoms with van der Waals surface area (Å²) in [7, 11) is -7.37. The van der Waals surface area contributed by atoms with E-state index in [-0.39, 0.29) is 9.92 Å². The second kappa shape index (κ2) is 4.39. The fraction of sp³-hybridized carbons (Fsp3) is 0.154. The average molecular weight is 309 g/mol. The third-order valence-electron chi connectivity index (χ3n) is 3.28. The Morgan fingerprint density at radius 3 is 2.45 bits per heavy atom. The van der Waals surface area contributed by atoms with Crippen molar-refractivity contribution in [2.75, 3.05) is 5.75 Å². The molecule has 1 aromatic heterocycles. The minimum atomic E-state index is -3.81. The molecular weight excluding hydrogens is 298 g/mol. The molecule has 20 heavy (non-hydrogen) atoms. The maximum atomic E-state index is 12.6. The Morgan fingerprint density at radius 2 is 1.75 bits per heavy atom. The number of aromatic nitrogens is 1. The predicted molar refractivity (Wildman–Crippen MR) is 72.7 cm³/mol. The maximum absolute atomic E-state index is 12.6. The van der Waals surface area contributed by atoms with Gasteiger partial charge in [-0.25, -0.2) is 21.8 Å². The molecule has 1 atom stereocenters. The number of rotatable bonds is 2. The molecule has 1 unspecified atom stereocenters. The molecule has 1 aliphatic rings. The zero-order chi connectivity index (χ0) is 14.4.